The number of rotatable bonds is 4. The molecule has 8 heteroatoms. The maximum atomic E-state index is 14.3. The van der Waals surface area contributed by atoms with Crippen LogP contribution in [0, 0.1) is 5.82 Å². The number of methoxy groups -OCH3 is 1. The predicted molar refractivity (Wildman–Crippen MR) is 99.0 cm³/mol. The van der Waals surface area contributed by atoms with Gasteiger partial charge in [-0.2, -0.15) is 4.99 Å². The summed E-state index contributed by atoms with van der Waals surface area (Å²) in [5, 5.41) is 0. The number of amides is 1. The minimum Gasteiger partial charge on any atom is -0.486 e. The Morgan fingerprint density at radius 3 is 2.89 bits per heavy atom. The van der Waals surface area contributed by atoms with Crippen LogP contribution in [0.5, 0.6) is 11.5 Å². The molecule has 3 aromatic rings. The summed E-state index contributed by atoms with van der Waals surface area (Å²) in [4.78, 5) is 17.3. The molecule has 0 spiro atoms. The van der Waals surface area contributed by atoms with E-state index < -0.39 is 5.91 Å². The maximum absolute atomic E-state index is 14.3. The van der Waals surface area contributed by atoms with Gasteiger partial charge >= 0.3 is 0 Å². The minimum atomic E-state index is -0.426. The first-order valence-corrected chi connectivity index (χ1v) is 9.24. The van der Waals surface area contributed by atoms with Gasteiger partial charge in [-0.3, -0.25) is 4.79 Å². The molecular weight excluding hydrogens is 371 g/mol. The molecule has 0 bridgehead atoms. The van der Waals surface area contributed by atoms with Crippen LogP contribution in [0.1, 0.15) is 10.4 Å². The Morgan fingerprint density at radius 2 is 2.07 bits per heavy atom. The van der Waals surface area contributed by atoms with E-state index in [1.165, 1.54) is 17.4 Å². The molecule has 0 aliphatic carbocycles. The first kappa shape index (κ1) is 17.7. The van der Waals surface area contributed by atoms with Crippen molar-refractivity contribution in [3.63, 3.8) is 0 Å². The van der Waals surface area contributed by atoms with Gasteiger partial charge in [0.15, 0.2) is 16.3 Å². The molecule has 1 aliphatic rings. The van der Waals surface area contributed by atoms with Crippen molar-refractivity contribution in [1.82, 2.24) is 4.57 Å². The van der Waals surface area contributed by atoms with Crippen LogP contribution in [-0.2, 0) is 11.3 Å². The molecule has 0 unspecified atom stereocenters. The summed E-state index contributed by atoms with van der Waals surface area (Å²) in [6.45, 7) is 1.70. The average molecular weight is 388 g/mol. The summed E-state index contributed by atoms with van der Waals surface area (Å²) < 4.78 is 32.8. The second-order valence-corrected chi connectivity index (χ2v) is 6.90. The highest BCUT2D eigenvalue weighted by Gasteiger charge is 2.16. The molecule has 0 fully saturated rings. The fourth-order valence-electron chi connectivity index (χ4n) is 2.89. The van der Waals surface area contributed by atoms with Gasteiger partial charge in [-0.25, -0.2) is 4.39 Å². The number of carbonyl (C=O) groups is 1. The second kappa shape index (κ2) is 7.50. The smallest absolute Gasteiger partial charge is 0.279 e. The SMILES string of the molecule is COCCn1c(=NC(=O)c2ccc3c(c2)OCCO3)sc2cccc(F)c21. The summed E-state index contributed by atoms with van der Waals surface area (Å²) in [7, 11) is 1.57. The predicted octanol–water partition coefficient (Wildman–Crippen LogP) is 3.00. The highest BCUT2D eigenvalue weighted by Crippen LogP contribution is 2.31. The molecule has 2 heterocycles. The first-order valence-electron chi connectivity index (χ1n) is 8.43. The maximum Gasteiger partial charge on any atom is 0.279 e. The van der Waals surface area contributed by atoms with Gasteiger partial charge in [-0.05, 0) is 30.3 Å². The van der Waals surface area contributed by atoms with Crippen molar-refractivity contribution in [3.05, 3.63) is 52.6 Å². The Hall–Kier alpha value is -2.71. The molecular formula is C19H17FN2O4S. The fourth-order valence-corrected chi connectivity index (χ4v) is 3.96. The van der Waals surface area contributed by atoms with Crippen LogP contribution in [0.3, 0.4) is 0 Å². The lowest BCUT2D eigenvalue weighted by Gasteiger charge is -2.18. The summed E-state index contributed by atoms with van der Waals surface area (Å²) in [5.74, 6) is 0.354. The van der Waals surface area contributed by atoms with E-state index in [2.05, 4.69) is 4.99 Å². The lowest BCUT2D eigenvalue weighted by Crippen LogP contribution is -2.20. The lowest BCUT2D eigenvalue weighted by atomic mass is 10.2. The molecule has 1 aliphatic heterocycles. The topological polar surface area (TPSA) is 62.1 Å². The molecule has 0 saturated heterocycles. The van der Waals surface area contributed by atoms with Crippen LogP contribution in [0.25, 0.3) is 10.2 Å². The van der Waals surface area contributed by atoms with Crippen molar-refractivity contribution in [2.75, 3.05) is 26.9 Å². The van der Waals surface area contributed by atoms with E-state index in [0.717, 1.165) is 4.70 Å². The number of hydrogen-bond donors (Lipinski definition) is 0. The molecule has 140 valence electrons. The third-order valence-electron chi connectivity index (χ3n) is 4.16. The number of carbonyl (C=O) groups excluding carboxylic acids is 1. The number of fused-ring (bicyclic) bond motifs is 2. The molecule has 0 saturated carbocycles. The minimum absolute atomic E-state index is 0.354. The zero-order valence-electron chi connectivity index (χ0n) is 14.6. The number of aromatic nitrogens is 1. The molecule has 4 rings (SSSR count). The molecule has 0 atom stereocenters. The van der Waals surface area contributed by atoms with Crippen LogP contribution in [-0.4, -0.2) is 37.4 Å². The number of benzene rings is 2. The molecule has 6 nitrogen and oxygen atoms in total. The second-order valence-electron chi connectivity index (χ2n) is 5.89. The molecule has 1 aromatic heterocycles. The van der Waals surface area contributed by atoms with E-state index in [1.54, 1.807) is 42.0 Å². The molecule has 0 radical (unpaired) electrons. The molecule has 1 amide bonds. The quantitative estimate of drug-likeness (QED) is 0.689. The average Bonchev–Trinajstić information content (AvgIpc) is 3.04. The van der Waals surface area contributed by atoms with E-state index in [0.29, 0.717) is 53.7 Å². The number of halogens is 1. The van der Waals surface area contributed by atoms with E-state index in [9.17, 15) is 9.18 Å². The molecule has 2 aromatic carbocycles. The van der Waals surface area contributed by atoms with Gasteiger partial charge in [0.2, 0.25) is 0 Å². The monoisotopic (exact) mass is 388 g/mol. The lowest BCUT2D eigenvalue weighted by molar-refractivity contribution is 0.0996. The van der Waals surface area contributed by atoms with Crippen molar-refractivity contribution in [3.8, 4) is 11.5 Å². The van der Waals surface area contributed by atoms with Gasteiger partial charge in [-0.15, -0.1) is 0 Å². The Bertz CT molecular complexity index is 1070. The van der Waals surface area contributed by atoms with E-state index in [4.69, 9.17) is 14.2 Å². The van der Waals surface area contributed by atoms with Gasteiger partial charge in [0.25, 0.3) is 5.91 Å². The Kier molecular flexibility index (Phi) is 4.91. The van der Waals surface area contributed by atoms with Crippen molar-refractivity contribution in [2.45, 2.75) is 6.54 Å². The van der Waals surface area contributed by atoms with Crippen LogP contribution < -0.4 is 14.3 Å². The normalized spacial score (nSPS) is 13.9. The van der Waals surface area contributed by atoms with Crippen LogP contribution >= 0.6 is 11.3 Å². The largest absolute Gasteiger partial charge is 0.486 e. The van der Waals surface area contributed by atoms with Crippen molar-refractivity contribution in [1.29, 1.82) is 0 Å². The van der Waals surface area contributed by atoms with Crippen molar-refractivity contribution in [2.24, 2.45) is 4.99 Å². The zero-order valence-corrected chi connectivity index (χ0v) is 15.4. The summed E-state index contributed by atoms with van der Waals surface area (Å²) >= 11 is 1.26. The van der Waals surface area contributed by atoms with Crippen LogP contribution in [0.2, 0.25) is 0 Å². The van der Waals surface area contributed by atoms with Gasteiger partial charge < -0.3 is 18.8 Å². The summed E-state index contributed by atoms with van der Waals surface area (Å²) in [5.41, 5.74) is 0.809. The van der Waals surface area contributed by atoms with E-state index in [-0.39, 0.29) is 5.82 Å². The number of nitrogens with zero attached hydrogens (tertiary/aromatic N) is 2. The van der Waals surface area contributed by atoms with Gasteiger partial charge in [0.05, 0.1) is 16.8 Å². The van der Waals surface area contributed by atoms with Gasteiger partial charge in [0, 0.05) is 19.2 Å². The van der Waals surface area contributed by atoms with E-state index in [1.807, 2.05) is 0 Å². The fraction of sp³-hybridized carbons (Fsp3) is 0.263. The van der Waals surface area contributed by atoms with Crippen LogP contribution in [0.15, 0.2) is 41.4 Å². The van der Waals surface area contributed by atoms with Gasteiger partial charge in [0.1, 0.15) is 19.0 Å². The number of hydrogen-bond acceptors (Lipinski definition) is 5. The number of para-hydroxylation sites is 1. The standard InChI is InChI=1S/C19H17FN2O4S/c1-24-8-7-22-17-13(20)3-2-4-16(17)27-19(22)21-18(23)12-5-6-14-15(11-12)26-10-9-25-14/h2-6,11H,7-10H2,1H3. The number of thiazole rings is 1. The summed E-state index contributed by atoms with van der Waals surface area (Å²) in [6, 6.07) is 9.80. The zero-order chi connectivity index (χ0) is 18.8. The Morgan fingerprint density at radius 1 is 1.26 bits per heavy atom. The Labute approximate surface area is 158 Å². The van der Waals surface area contributed by atoms with Crippen LogP contribution in [0.4, 0.5) is 4.39 Å². The summed E-state index contributed by atoms with van der Waals surface area (Å²) in [6.07, 6.45) is 0. The first-order chi connectivity index (χ1) is 13.2. The number of ether oxygens (including phenoxy) is 3. The third kappa shape index (κ3) is 3.45. The highest BCUT2D eigenvalue weighted by atomic mass is 32.1. The van der Waals surface area contributed by atoms with Crippen molar-refractivity contribution >= 4 is 27.5 Å². The van der Waals surface area contributed by atoms with Crippen molar-refractivity contribution < 1.29 is 23.4 Å². The van der Waals surface area contributed by atoms with E-state index >= 15 is 0 Å². The highest BCUT2D eigenvalue weighted by molar-refractivity contribution is 7.16. The molecule has 27 heavy (non-hydrogen) atoms. The third-order valence-corrected chi connectivity index (χ3v) is 5.20. The molecule has 0 N–H and O–H groups in total. The Balaban J connectivity index is 1.77. The van der Waals surface area contributed by atoms with Gasteiger partial charge in [-0.1, -0.05) is 17.4 Å².